The Kier molecular flexibility index (Phi) is 2.91. The van der Waals surface area contributed by atoms with Gasteiger partial charge in [0, 0.05) is 16.6 Å². The van der Waals surface area contributed by atoms with E-state index in [1.165, 1.54) is 0 Å². The molecule has 108 valence electrons. The number of hydrogen-bond donors (Lipinski definition) is 1. The number of ether oxygens (including phenoxy) is 1. The number of aromatic amines is 1. The molecule has 1 N–H and O–H groups in total. The van der Waals surface area contributed by atoms with Crippen molar-refractivity contribution in [2.45, 2.75) is 12.2 Å². The summed E-state index contributed by atoms with van der Waals surface area (Å²) in [6.45, 7) is 0. The van der Waals surface area contributed by atoms with Gasteiger partial charge in [0.05, 0.1) is 0 Å². The van der Waals surface area contributed by atoms with Crippen molar-refractivity contribution in [3.05, 3.63) is 82.1 Å². The Labute approximate surface area is 126 Å². The summed E-state index contributed by atoms with van der Waals surface area (Å²) in [7, 11) is 0. The van der Waals surface area contributed by atoms with Crippen molar-refractivity contribution in [2.24, 2.45) is 0 Å². The fourth-order valence-electron chi connectivity index (χ4n) is 2.69. The quantitative estimate of drug-likeness (QED) is 0.596. The average Bonchev–Trinajstić information content (AvgIpc) is 3.35. The molecule has 0 bridgehead atoms. The van der Waals surface area contributed by atoms with E-state index in [0.29, 0.717) is 11.1 Å². The van der Waals surface area contributed by atoms with Crippen LogP contribution in [0.3, 0.4) is 0 Å². The van der Waals surface area contributed by atoms with E-state index in [0.717, 1.165) is 10.9 Å². The van der Waals surface area contributed by atoms with Gasteiger partial charge in [-0.2, -0.15) is 0 Å². The van der Waals surface area contributed by atoms with Crippen LogP contribution in [0.2, 0.25) is 0 Å². The largest absolute Gasteiger partial charge is 0.356 e. The summed E-state index contributed by atoms with van der Waals surface area (Å²) in [6, 6.07) is 18.3. The lowest BCUT2D eigenvalue weighted by Gasteiger charge is -2.00. The number of epoxide rings is 1. The molecule has 1 aliphatic rings. The van der Waals surface area contributed by atoms with Gasteiger partial charge in [-0.25, -0.2) is 0 Å². The van der Waals surface area contributed by atoms with E-state index < -0.39 is 12.2 Å². The smallest absolute Gasteiger partial charge is 0.254 e. The van der Waals surface area contributed by atoms with Crippen molar-refractivity contribution >= 4 is 16.7 Å². The molecule has 1 aromatic heterocycles. The molecular formula is C18H13NO3. The lowest BCUT2D eigenvalue weighted by molar-refractivity contribution is 0.0953. The van der Waals surface area contributed by atoms with Crippen LogP contribution in [0.1, 0.15) is 22.0 Å². The van der Waals surface area contributed by atoms with Gasteiger partial charge >= 0.3 is 0 Å². The van der Waals surface area contributed by atoms with Gasteiger partial charge in [-0.3, -0.25) is 9.59 Å². The zero-order chi connectivity index (χ0) is 15.1. The Hall–Kier alpha value is -2.72. The average molecular weight is 291 g/mol. The minimum Gasteiger partial charge on any atom is -0.356 e. The fourth-order valence-corrected chi connectivity index (χ4v) is 2.69. The summed E-state index contributed by atoms with van der Waals surface area (Å²) in [5, 5.41) is 0.929. The van der Waals surface area contributed by atoms with Crippen LogP contribution in [0.5, 0.6) is 0 Å². The van der Waals surface area contributed by atoms with Gasteiger partial charge in [-0.15, -0.1) is 0 Å². The molecule has 4 rings (SSSR count). The molecule has 0 spiro atoms. The highest BCUT2D eigenvalue weighted by Gasteiger charge is 2.47. The highest BCUT2D eigenvalue weighted by Crippen LogP contribution is 2.39. The molecule has 4 heteroatoms. The van der Waals surface area contributed by atoms with Crippen LogP contribution in [-0.4, -0.2) is 16.9 Å². The molecule has 1 fully saturated rings. The Bertz CT molecular complexity index is 914. The molecule has 2 atom stereocenters. The first-order valence-corrected chi connectivity index (χ1v) is 7.11. The van der Waals surface area contributed by atoms with E-state index >= 15 is 0 Å². The second-order valence-electron chi connectivity index (χ2n) is 5.35. The first kappa shape index (κ1) is 13.0. The van der Waals surface area contributed by atoms with Gasteiger partial charge < -0.3 is 9.72 Å². The first-order valence-electron chi connectivity index (χ1n) is 7.11. The molecule has 3 aromatic rings. The third kappa shape index (κ3) is 2.14. The van der Waals surface area contributed by atoms with Crippen LogP contribution in [-0.2, 0) is 4.74 Å². The predicted molar refractivity (Wildman–Crippen MR) is 83.0 cm³/mol. The lowest BCUT2D eigenvalue weighted by Crippen LogP contribution is -2.15. The molecule has 0 aliphatic carbocycles. The normalized spacial score (nSPS) is 20.0. The Balaban J connectivity index is 1.66. The van der Waals surface area contributed by atoms with Gasteiger partial charge in [-0.1, -0.05) is 48.5 Å². The first-order chi connectivity index (χ1) is 10.7. The number of aromatic nitrogens is 1. The maximum Gasteiger partial charge on any atom is 0.254 e. The number of fused-ring (bicyclic) bond motifs is 1. The number of rotatable bonds is 3. The van der Waals surface area contributed by atoms with E-state index in [1.54, 1.807) is 18.2 Å². The second kappa shape index (κ2) is 4.93. The van der Waals surface area contributed by atoms with Gasteiger partial charge in [0.25, 0.3) is 5.56 Å². The SMILES string of the molecule is O=C(c1ccccc1)C1OC1c1cc2ccccc2[nH]c1=O. The summed E-state index contributed by atoms with van der Waals surface area (Å²) >= 11 is 0. The Morgan fingerprint density at radius 3 is 2.55 bits per heavy atom. The Morgan fingerprint density at radius 2 is 1.73 bits per heavy atom. The molecule has 2 unspecified atom stereocenters. The third-order valence-electron chi connectivity index (χ3n) is 3.90. The molecule has 4 nitrogen and oxygen atoms in total. The van der Waals surface area contributed by atoms with E-state index in [1.807, 2.05) is 42.5 Å². The lowest BCUT2D eigenvalue weighted by atomic mass is 10.0. The minimum absolute atomic E-state index is 0.0850. The van der Waals surface area contributed by atoms with Crippen LogP contribution in [0, 0.1) is 0 Å². The number of carbonyl (C=O) groups is 1. The minimum atomic E-state index is -0.565. The molecule has 2 heterocycles. The van der Waals surface area contributed by atoms with Crippen LogP contribution in [0.25, 0.3) is 10.9 Å². The molecule has 1 saturated heterocycles. The molecule has 0 amide bonds. The van der Waals surface area contributed by atoms with Gasteiger partial charge in [0.1, 0.15) is 6.10 Å². The maximum absolute atomic E-state index is 12.3. The number of pyridine rings is 1. The van der Waals surface area contributed by atoms with Crippen LogP contribution < -0.4 is 5.56 Å². The van der Waals surface area contributed by atoms with Crippen LogP contribution >= 0.6 is 0 Å². The highest BCUT2D eigenvalue weighted by molar-refractivity contribution is 6.01. The van der Waals surface area contributed by atoms with Crippen molar-refractivity contribution in [1.29, 1.82) is 0 Å². The van der Waals surface area contributed by atoms with Crippen molar-refractivity contribution in [2.75, 3.05) is 0 Å². The van der Waals surface area contributed by atoms with Crippen molar-refractivity contribution in [1.82, 2.24) is 4.98 Å². The number of hydrogen-bond acceptors (Lipinski definition) is 3. The monoisotopic (exact) mass is 291 g/mol. The summed E-state index contributed by atoms with van der Waals surface area (Å²) in [6.07, 6.45) is -1.02. The van der Waals surface area contributed by atoms with Crippen molar-refractivity contribution in [3.8, 4) is 0 Å². The molecule has 22 heavy (non-hydrogen) atoms. The van der Waals surface area contributed by atoms with E-state index in [-0.39, 0.29) is 11.3 Å². The van der Waals surface area contributed by atoms with Gasteiger partial charge in [0.2, 0.25) is 0 Å². The fraction of sp³-hybridized carbons (Fsp3) is 0.111. The van der Waals surface area contributed by atoms with Crippen molar-refractivity contribution < 1.29 is 9.53 Å². The zero-order valence-electron chi connectivity index (χ0n) is 11.7. The molecule has 0 radical (unpaired) electrons. The predicted octanol–water partition coefficient (Wildman–Crippen LogP) is 2.85. The van der Waals surface area contributed by atoms with Crippen molar-refractivity contribution in [3.63, 3.8) is 0 Å². The standard InChI is InChI=1S/C18H13NO3/c20-15(11-6-2-1-3-7-11)17-16(22-17)13-10-12-8-4-5-9-14(12)19-18(13)21/h1-10,16-17H,(H,19,21). The van der Waals surface area contributed by atoms with Crippen LogP contribution in [0.4, 0.5) is 0 Å². The number of Topliss-reactive ketones (excluding diaryl/α,β-unsaturated/α-hetero) is 1. The van der Waals surface area contributed by atoms with E-state index in [2.05, 4.69) is 4.98 Å². The molecule has 1 aliphatic heterocycles. The summed E-state index contributed by atoms with van der Waals surface area (Å²) in [4.78, 5) is 27.3. The number of ketones is 1. The Morgan fingerprint density at radius 1 is 1.00 bits per heavy atom. The molecular weight excluding hydrogens is 278 g/mol. The van der Waals surface area contributed by atoms with Crippen LogP contribution in [0.15, 0.2) is 65.5 Å². The number of carbonyl (C=O) groups excluding carboxylic acids is 1. The third-order valence-corrected chi connectivity index (χ3v) is 3.90. The maximum atomic E-state index is 12.3. The number of benzene rings is 2. The van der Waals surface area contributed by atoms with E-state index in [4.69, 9.17) is 4.74 Å². The van der Waals surface area contributed by atoms with E-state index in [9.17, 15) is 9.59 Å². The number of para-hydroxylation sites is 1. The zero-order valence-corrected chi connectivity index (χ0v) is 11.7. The second-order valence-corrected chi connectivity index (χ2v) is 5.35. The summed E-state index contributed by atoms with van der Waals surface area (Å²) < 4.78 is 5.48. The summed E-state index contributed by atoms with van der Waals surface area (Å²) in [5.74, 6) is -0.0850. The summed E-state index contributed by atoms with van der Waals surface area (Å²) in [5.41, 5.74) is 1.69. The van der Waals surface area contributed by atoms with Gasteiger partial charge in [0.15, 0.2) is 11.9 Å². The molecule has 0 saturated carbocycles. The highest BCUT2D eigenvalue weighted by atomic mass is 16.6. The van der Waals surface area contributed by atoms with Gasteiger partial charge in [-0.05, 0) is 17.5 Å². The topological polar surface area (TPSA) is 62.5 Å². The molecule has 2 aromatic carbocycles. The number of H-pyrrole nitrogens is 1. The number of nitrogens with one attached hydrogen (secondary N) is 1.